The fourth-order valence-corrected chi connectivity index (χ4v) is 4.82. The Morgan fingerprint density at radius 3 is 2.31 bits per heavy atom. The lowest BCUT2D eigenvalue weighted by Gasteiger charge is -2.33. The molecule has 0 aromatic heterocycles. The van der Waals surface area contributed by atoms with Gasteiger partial charge in [-0.25, -0.2) is 0 Å². The van der Waals surface area contributed by atoms with Gasteiger partial charge in [-0.15, -0.1) is 11.8 Å². The van der Waals surface area contributed by atoms with Crippen LogP contribution >= 0.6 is 46.6 Å². The first-order valence-electron chi connectivity index (χ1n) is 10.4. The fraction of sp³-hybridized carbons (Fsp3) is 0.417. The number of halogens is 3. The minimum atomic E-state index is -0.599. The lowest BCUT2D eigenvalue weighted by molar-refractivity contribution is -0.140. The molecule has 8 heteroatoms. The van der Waals surface area contributed by atoms with Crippen LogP contribution in [0, 0.1) is 0 Å². The average Bonchev–Trinajstić information content (AvgIpc) is 2.69. The smallest absolute Gasteiger partial charge is 0.243 e. The highest BCUT2D eigenvalue weighted by Gasteiger charge is 2.30. The van der Waals surface area contributed by atoms with Crippen LogP contribution in [0.1, 0.15) is 45.2 Å². The van der Waals surface area contributed by atoms with Gasteiger partial charge in [-0.2, -0.15) is 0 Å². The van der Waals surface area contributed by atoms with Crippen molar-refractivity contribution in [2.45, 2.75) is 58.0 Å². The van der Waals surface area contributed by atoms with Crippen LogP contribution in [-0.4, -0.2) is 34.0 Å². The first-order valence-corrected chi connectivity index (χ1v) is 12.7. The number of hydrogen-bond donors (Lipinski definition) is 1. The molecule has 1 atom stereocenters. The summed E-state index contributed by atoms with van der Waals surface area (Å²) in [5, 5.41) is 4.71. The van der Waals surface area contributed by atoms with Gasteiger partial charge in [0, 0.05) is 32.9 Å². The van der Waals surface area contributed by atoms with Gasteiger partial charge >= 0.3 is 0 Å². The number of rotatable bonds is 9. The molecule has 0 heterocycles. The minimum absolute atomic E-state index is 0.129. The highest BCUT2D eigenvalue weighted by molar-refractivity contribution is 7.99. The standard InChI is InChI=1S/C24H29Cl3N2O2S/c1-5-21(23(31)28-24(2,3)4)29(13-16-8-6-7-9-19(16)26)22(30)15-32-14-17-10-11-18(25)12-20(17)27/h6-12,21H,5,13-15H2,1-4H3,(H,28,31)/t21-/m0/s1. The van der Waals surface area contributed by atoms with Gasteiger partial charge in [0.25, 0.3) is 0 Å². The zero-order valence-electron chi connectivity index (χ0n) is 18.8. The third-order valence-corrected chi connectivity index (χ3v) is 6.60. The van der Waals surface area contributed by atoms with Crippen LogP contribution in [-0.2, 0) is 21.9 Å². The number of carbonyl (C=O) groups excluding carboxylic acids is 2. The van der Waals surface area contributed by atoms with Crippen molar-refractivity contribution in [3.63, 3.8) is 0 Å². The van der Waals surface area contributed by atoms with Crippen LogP contribution in [0.3, 0.4) is 0 Å². The molecule has 0 spiro atoms. The number of amides is 2. The van der Waals surface area contributed by atoms with Crippen molar-refractivity contribution in [2.24, 2.45) is 0 Å². The van der Waals surface area contributed by atoms with Crippen molar-refractivity contribution in [3.05, 3.63) is 68.7 Å². The Morgan fingerprint density at radius 1 is 1.03 bits per heavy atom. The van der Waals surface area contributed by atoms with E-state index in [2.05, 4.69) is 5.32 Å². The maximum absolute atomic E-state index is 13.3. The summed E-state index contributed by atoms with van der Waals surface area (Å²) < 4.78 is 0. The van der Waals surface area contributed by atoms with Gasteiger partial charge in [0.1, 0.15) is 6.04 Å². The van der Waals surface area contributed by atoms with Crippen molar-refractivity contribution in [1.29, 1.82) is 0 Å². The van der Waals surface area contributed by atoms with Crippen molar-refractivity contribution in [3.8, 4) is 0 Å². The quantitative estimate of drug-likeness (QED) is 0.409. The van der Waals surface area contributed by atoms with Gasteiger partial charge < -0.3 is 10.2 Å². The maximum Gasteiger partial charge on any atom is 0.243 e. The summed E-state index contributed by atoms with van der Waals surface area (Å²) >= 11 is 20.0. The molecule has 32 heavy (non-hydrogen) atoms. The van der Waals surface area contributed by atoms with Crippen LogP contribution in [0.15, 0.2) is 42.5 Å². The summed E-state index contributed by atoms with van der Waals surface area (Å²) in [6.45, 7) is 7.92. The highest BCUT2D eigenvalue weighted by atomic mass is 35.5. The number of nitrogens with one attached hydrogen (secondary N) is 1. The van der Waals surface area contributed by atoms with Crippen LogP contribution < -0.4 is 5.32 Å². The highest BCUT2D eigenvalue weighted by Crippen LogP contribution is 2.26. The molecule has 1 N–H and O–H groups in total. The van der Waals surface area contributed by atoms with E-state index in [-0.39, 0.29) is 24.1 Å². The first kappa shape index (κ1) is 26.8. The average molecular weight is 516 g/mol. The molecule has 0 saturated heterocycles. The van der Waals surface area contributed by atoms with Crippen LogP contribution in [0.5, 0.6) is 0 Å². The van der Waals surface area contributed by atoms with Crippen LogP contribution in [0.4, 0.5) is 0 Å². The number of carbonyl (C=O) groups is 2. The molecule has 0 aliphatic carbocycles. The molecule has 0 fully saturated rings. The molecule has 174 valence electrons. The summed E-state index contributed by atoms with van der Waals surface area (Å²) in [5.41, 5.74) is 1.31. The molecule has 2 aromatic rings. The Labute approximate surface area is 210 Å². The Hall–Kier alpha value is -1.40. The van der Waals surface area contributed by atoms with Crippen molar-refractivity contribution in [1.82, 2.24) is 10.2 Å². The Morgan fingerprint density at radius 2 is 1.72 bits per heavy atom. The molecule has 2 amide bonds. The second kappa shape index (κ2) is 12.2. The van der Waals surface area contributed by atoms with Gasteiger partial charge in [0.05, 0.1) is 5.75 Å². The van der Waals surface area contributed by atoms with E-state index >= 15 is 0 Å². The largest absolute Gasteiger partial charge is 0.350 e. The number of benzene rings is 2. The zero-order chi connectivity index (χ0) is 23.9. The first-order chi connectivity index (χ1) is 15.0. The molecule has 4 nitrogen and oxygen atoms in total. The molecular weight excluding hydrogens is 487 g/mol. The molecule has 0 bridgehead atoms. The molecule has 0 saturated carbocycles. The summed E-state index contributed by atoms with van der Waals surface area (Å²) in [6.07, 6.45) is 0.492. The SMILES string of the molecule is CC[C@@H](C(=O)NC(C)(C)C)N(Cc1ccccc1Cl)C(=O)CSCc1ccc(Cl)cc1Cl. The Bertz CT molecular complexity index is 947. The summed E-state index contributed by atoms with van der Waals surface area (Å²) in [7, 11) is 0. The van der Waals surface area contributed by atoms with E-state index in [9.17, 15) is 9.59 Å². The Kier molecular flexibility index (Phi) is 10.2. The van der Waals surface area contributed by atoms with Crippen molar-refractivity contribution < 1.29 is 9.59 Å². The molecular formula is C24H29Cl3N2O2S. The normalized spacial score (nSPS) is 12.3. The van der Waals surface area contributed by atoms with Gasteiger partial charge in [-0.1, -0.05) is 66.0 Å². The lowest BCUT2D eigenvalue weighted by Crippen LogP contribution is -2.53. The predicted octanol–water partition coefficient (Wildman–Crippen LogP) is 6.60. The summed E-state index contributed by atoms with van der Waals surface area (Å²) in [5.74, 6) is 0.470. The van der Waals surface area contributed by atoms with E-state index in [4.69, 9.17) is 34.8 Å². The molecule has 0 unspecified atom stereocenters. The monoisotopic (exact) mass is 514 g/mol. The number of hydrogen-bond acceptors (Lipinski definition) is 3. The fourth-order valence-electron chi connectivity index (χ4n) is 3.15. The second-order valence-electron chi connectivity index (χ2n) is 8.50. The van der Waals surface area contributed by atoms with Crippen molar-refractivity contribution in [2.75, 3.05) is 5.75 Å². The third kappa shape index (κ3) is 8.18. The van der Waals surface area contributed by atoms with E-state index in [1.807, 2.05) is 52.0 Å². The summed E-state index contributed by atoms with van der Waals surface area (Å²) in [4.78, 5) is 27.9. The molecule has 2 aromatic carbocycles. The van der Waals surface area contributed by atoms with Gasteiger partial charge in [-0.05, 0) is 56.5 Å². The molecule has 0 aliphatic heterocycles. The van der Waals surface area contributed by atoms with Crippen LogP contribution in [0.25, 0.3) is 0 Å². The minimum Gasteiger partial charge on any atom is -0.350 e. The van der Waals surface area contributed by atoms with Crippen LogP contribution in [0.2, 0.25) is 15.1 Å². The molecule has 0 aliphatic rings. The van der Waals surface area contributed by atoms with E-state index < -0.39 is 11.6 Å². The van der Waals surface area contributed by atoms with E-state index in [0.717, 1.165) is 11.1 Å². The van der Waals surface area contributed by atoms with E-state index in [0.29, 0.717) is 27.2 Å². The lowest BCUT2D eigenvalue weighted by atomic mass is 10.1. The number of nitrogens with zero attached hydrogens (tertiary/aromatic N) is 1. The molecule has 2 rings (SSSR count). The van der Waals surface area contributed by atoms with Crippen molar-refractivity contribution >= 4 is 58.4 Å². The zero-order valence-corrected chi connectivity index (χ0v) is 21.8. The molecule has 0 radical (unpaired) electrons. The summed E-state index contributed by atoms with van der Waals surface area (Å²) in [6, 6.07) is 12.1. The maximum atomic E-state index is 13.3. The predicted molar refractivity (Wildman–Crippen MR) is 137 cm³/mol. The van der Waals surface area contributed by atoms with E-state index in [1.165, 1.54) is 11.8 Å². The number of thioether (sulfide) groups is 1. The van der Waals surface area contributed by atoms with E-state index in [1.54, 1.807) is 23.1 Å². The third-order valence-electron chi connectivity index (χ3n) is 4.68. The van der Waals surface area contributed by atoms with Gasteiger partial charge in [0.2, 0.25) is 11.8 Å². The van der Waals surface area contributed by atoms with Gasteiger partial charge in [0.15, 0.2) is 0 Å². The van der Waals surface area contributed by atoms with Gasteiger partial charge in [-0.3, -0.25) is 9.59 Å². The topological polar surface area (TPSA) is 49.4 Å². The Balaban J connectivity index is 2.19. The second-order valence-corrected chi connectivity index (χ2v) is 10.7.